The summed E-state index contributed by atoms with van der Waals surface area (Å²) in [6, 6.07) is 0. The zero-order chi connectivity index (χ0) is 11.3. The second-order valence-corrected chi connectivity index (χ2v) is 3.27. The van der Waals surface area contributed by atoms with Crippen molar-refractivity contribution in [2.45, 2.75) is 26.6 Å². The summed E-state index contributed by atoms with van der Waals surface area (Å²) in [5.41, 5.74) is 0.632. The molecule has 5 heteroatoms. The van der Waals surface area contributed by atoms with Crippen LogP contribution in [0.15, 0.2) is 11.6 Å². The molecule has 0 saturated heterocycles. The third kappa shape index (κ3) is 4.12. The quantitative estimate of drug-likeness (QED) is 0.541. The van der Waals surface area contributed by atoms with Crippen LogP contribution in [0.5, 0.6) is 0 Å². The molecule has 1 aliphatic rings. The van der Waals surface area contributed by atoms with E-state index in [1.165, 1.54) is 13.8 Å². The van der Waals surface area contributed by atoms with Gasteiger partial charge in [0.1, 0.15) is 0 Å². The van der Waals surface area contributed by atoms with E-state index < -0.39 is 18.2 Å². The van der Waals surface area contributed by atoms with E-state index in [2.05, 4.69) is 10.1 Å². The van der Waals surface area contributed by atoms with Crippen molar-refractivity contribution in [3.8, 4) is 0 Å². The molecule has 0 fully saturated rings. The minimum atomic E-state index is -0.828. The summed E-state index contributed by atoms with van der Waals surface area (Å²) in [7, 11) is 0. The predicted octanol–water partition coefficient (Wildman–Crippen LogP) is 0.358. The molecule has 84 valence electrons. The number of hydrogen-bond donors (Lipinski definition) is 1. The van der Waals surface area contributed by atoms with E-state index in [4.69, 9.17) is 4.74 Å². The Morgan fingerprint density at radius 2 is 2.20 bits per heavy atom. The van der Waals surface area contributed by atoms with E-state index in [0.29, 0.717) is 18.5 Å². The Kier molecular flexibility index (Phi) is 4.30. The van der Waals surface area contributed by atoms with Crippen LogP contribution in [0, 0.1) is 0 Å². The highest BCUT2D eigenvalue weighted by atomic mass is 16.7. The van der Waals surface area contributed by atoms with E-state index in [0.717, 1.165) is 6.54 Å². The Bertz CT molecular complexity index is 285. The standard InChI is InChI=1S/C10H15NO4/c1-7(12)14-8(2)15-10(13)9-3-5-11-6-4-9/h3,8,11H,4-6H2,1-2H3. The van der Waals surface area contributed by atoms with Crippen molar-refractivity contribution >= 4 is 11.9 Å². The van der Waals surface area contributed by atoms with Gasteiger partial charge in [-0.2, -0.15) is 0 Å². The zero-order valence-corrected chi connectivity index (χ0v) is 8.91. The first-order valence-corrected chi connectivity index (χ1v) is 4.87. The summed E-state index contributed by atoms with van der Waals surface area (Å²) in [5.74, 6) is -0.875. The Labute approximate surface area is 88.4 Å². The van der Waals surface area contributed by atoms with Crippen molar-refractivity contribution in [3.63, 3.8) is 0 Å². The van der Waals surface area contributed by atoms with E-state index in [-0.39, 0.29) is 0 Å². The summed E-state index contributed by atoms with van der Waals surface area (Å²) in [5, 5.41) is 3.09. The third-order valence-electron chi connectivity index (χ3n) is 1.93. The number of rotatable bonds is 3. The molecule has 1 rings (SSSR count). The van der Waals surface area contributed by atoms with Crippen molar-refractivity contribution in [2.24, 2.45) is 0 Å². The first kappa shape index (κ1) is 11.7. The van der Waals surface area contributed by atoms with Crippen LogP contribution >= 0.6 is 0 Å². The van der Waals surface area contributed by atoms with Crippen LogP contribution in [0.4, 0.5) is 0 Å². The molecule has 0 aliphatic carbocycles. The second kappa shape index (κ2) is 5.50. The third-order valence-corrected chi connectivity index (χ3v) is 1.93. The smallest absolute Gasteiger partial charge is 0.336 e. The molecule has 15 heavy (non-hydrogen) atoms. The number of carbonyl (C=O) groups excluding carboxylic acids is 2. The highest BCUT2D eigenvalue weighted by Crippen LogP contribution is 2.08. The van der Waals surface area contributed by atoms with Crippen molar-refractivity contribution < 1.29 is 19.1 Å². The number of nitrogens with one attached hydrogen (secondary N) is 1. The van der Waals surface area contributed by atoms with Gasteiger partial charge >= 0.3 is 11.9 Å². The molecule has 1 heterocycles. The van der Waals surface area contributed by atoms with Gasteiger partial charge in [0.25, 0.3) is 0 Å². The summed E-state index contributed by atoms with van der Waals surface area (Å²) in [6.07, 6.45) is 1.60. The average molecular weight is 213 g/mol. The highest BCUT2D eigenvalue weighted by Gasteiger charge is 2.17. The Balaban J connectivity index is 2.40. The van der Waals surface area contributed by atoms with Gasteiger partial charge in [-0.3, -0.25) is 4.79 Å². The largest absolute Gasteiger partial charge is 0.426 e. The lowest BCUT2D eigenvalue weighted by Gasteiger charge is -2.16. The van der Waals surface area contributed by atoms with Crippen LogP contribution in [0.25, 0.3) is 0 Å². The van der Waals surface area contributed by atoms with Crippen LogP contribution in [0.1, 0.15) is 20.3 Å². The topological polar surface area (TPSA) is 64.6 Å². The molecule has 1 N–H and O–H groups in total. The van der Waals surface area contributed by atoms with Gasteiger partial charge in [0.2, 0.25) is 6.29 Å². The summed E-state index contributed by atoms with van der Waals surface area (Å²) >= 11 is 0. The van der Waals surface area contributed by atoms with Crippen LogP contribution in [-0.2, 0) is 19.1 Å². The van der Waals surface area contributed by atoms with E-state index in [1.54, 1.807) is 6.08 Å². The molecule has 0 aromatic heterocycles. The summed E-state index contributed by atoms with van der Waals surface area (Å²) in [6.45, 7) is 4.23. The van der Waals surface area contributed by atoms with E-state index in [9.17, 15) is 9.59 Å². The van der Waals surface area contributed by atoms with E-state index >= 15 is 0 Å². The summed E-state index contributed by atoms with van der Waals surface area (Å²) in [4.78, 5) is 22.1. The predicted molar refractivity (Wildman–Crippen MR) is 52.9 cm³/mol. The molecule has 5 nitrogen and oxygen atoms in total. The lowest BCUT2D eigenvalue weighted by molar-refractivity contribution is -0.180. The van der Waals surface area contributed by atoms with Crippen molar-refractivity contribution in [1.29, 1.82) is 0 Å². The van der Waals surface area contributed by atoms with Crippen LogP contribution in [0.3, 0.4) is 0 Å². The summed E-state index contributed by atoms with van der Waals surface area (Å²) < 4.78 is 9.61. The van der Waals surface area contributed by atoms with Crippen molar-refractivity contribution in [1.82, 2.24) is 5.32 Å². The van der Waals surface area contributed by atoms with Crippen LogP contribution in [-0.4, -0.2) is 31.3 Å². The monoisotopic (exact) mass is 213 g/mol. The van der Waals surface area contributed by atoms with Crippen molar-refractivity contribution in [2.75, 3.05) is 13.1 Å². The lowest BCUT2D eigenvalue weighted by Crippen LogP contribution is -2.27. The highest BCUT2D eigenvalue weighted by molar-refractivity contribution is 5.88. The van der Waals surface area contributed by atoms with Gasteiger partial charge in [-0.25, -0.2) is 4.79 Å². The maximum atomic E-state index is 11.5. The number of hydrogen-bond acceptors (Lipinski definition) is 5. The Morgan fingerprint density at radius 3 is 2.73 bits per heavy atom. The van der Waals surface area contributed by atoms with Gasteiger partial charge < -0.3 is 14.8 Å². The number of carbonyl (C=O) groups is 2. The Hall–Kier alpha value is -1.36. The average Bonchev–Trinajstić information content (AvgIpc) is 2.17. The molecule has 1 aliphatic heterocycles. The molecule has 1 unspecified atom stereocenters. The molecular weight excluding hydrogens is 198 g/mol. The number of ether oxygens (including phenoxy) is 2. The van der Waals surface area contributed by atoms with Gasteiger partial charge in [0.05, 0.1) is 0 Å². The minimum Gasteiger partial charge on any atom is -0.426 e. The van der Waals surface area contributed by atoms with Crippen LogP contribution in [0.2, 0.25) is 0 Å². The SMILES string of the molecule is CC(=O)OC(C)OC(=O)C1=CCNCC1. The Morgan fingerprint density at radius 1 is 1.47 bits per heavy atom. The molecular formula is C10H15NO4. The lowest BCUT2D eigenvalue weighted by atomic mass is 10.1. The molecule has 0 bridgehead atoms. The fourth-order valence-corrected chi connectivity index (χ4v) is 1.29. The fourth-order valence-electron chi connectivity index (χ4n) is 1.29. The number of esters is 2. The van der Waals surface area contributed by atoms with Gasteiger partial charge in [0.15, 0.2) is 0 Å². The fraction of sp³-hybridized carbons (Fsp3) is 0.600. The zero-order valence-electron chi connectivity index (χ0n) is 8.91. The van der Waals surface area contributed by atoms with Gasteiger partial charge in [0, 0.05) is 26.0 Å². The molecule has 0 amide bonds. The first-order valence-electron chi connectivity index (χ1n) is 4.87. The molecule has 0 spiro atoms. The maximum Gasteiger partial charge on any atom is 0.336 e. The minimum absolute atomic E-state index is 0.412. The van der Waals surface area contributed by atoms with Crippen LogP contribution < -0.4 is 5.32 Å². The first-order chi connectivity index (χ1) is 7.09. The molecule has 1 atom stereocenters. The van der Waals surface area contributed by atoms with Crippen molar-refractivity contribution in [3.05, 3.63) is 11.6 Å². The van der Waals surface area contributed by atoms with Gasteiger partial charge in [-0.05, 0) is 13.0 Å². The molecule has 0 radical (unpaired) electrons. The van der Waals surface area contributed by atoms with Gasteiger partial charge in [-0.15, -0.1) is 0 Å². The maximum absolute atomic E-state index is 11.5. The molecule has 0 aromatic carbocycles. The molecule has 0 saturated carbocycles. The van der Waals surface area contributed by atoms with E-state index in [1.807, 2.05) is 0 Å². The normalized spacial score (nSPS) is 17.6. The molecule has 0 aromatic rings. The second-order valence-electron chi connectivity index (χ2n) is 3.27. The van der Waals surface area contributed by atoms with Gasteiger partial charge in [-0.1, -0.05) is 6.08 Å².